The summed E-state index contributed by atoms with van der Waals surface area (Å²) in [6, 6.07) is 9.70. The number of rotatable bonds is 4. The fourth-order valence-electron chi connectivity index (χ4n) is 2.44. The van der Waals surface area contributed by atoms with Gasteiger partial charge in [0.2, 0.25) is 5.91 Å². The van der Waals surface area contributed by atoms with Crippen LogP contribution in [0.1, 0.15) is 32.8 Å². The molecule has 0 radical (unpaired) electrons. The Morgan fingerprint density at radius 2 is 1.91 bits per heavy atom. The van der Waals surface area contributed by atoms with Gasteiger partial charge in [0.15, 0.2) is 8.32 Å². The molecule has 2 N–H and O–H groups in total. The third-order valence-corrected chi connectivity index (χ3v) is 9.24. The first-order valence-electron chi connectivity index (χ1n) is 7.79. The van der Waals surface area contributed by atoms with Crippen molar-refractivity contribution in [3.8, 4) is 0 Å². The third kappa shape index (κ3) is 3.77. The second kappa shape index (κ2) is 5.79. The van der Waals surface area contributed by atoms with Gasteiger partial charge in [0.25, 0.3) is 0 Å². The Kier molecular flexibility index (Phi) is 4.53. The van der Waals surface area contributed by atoms with Crippen LogP contribution in [0.4, 0.5) is 0 Å². The maximum atomic E-state index is 12.2. The summed E-state index contributed by atoms with van der Waals surface area (Å²) in [5, 5.41) is 13.4. The molecule has 0 saturated carbocycles. The summed E-state index contributed by atoms with van der Waals surface area (Å²) in [5.41, 5.74) is -0.218. The van der Waals surface area contributed by atoms with Crippen molar-refractivity contribution >= 4 is 14.2 Å². The van der Waals surface area contributed by atoms with Crippen LogP contribution in [-0.2, 0) is 15.6 Å². The van der Waals surface area contributed by atoms with Crippen molar-refractivity contribution in [1.82, 2.24) is 5.32 Å². The Balaban J connectivity index is 2.07. The molecule has 1 fully saturated rings. The lowest BCUT2D eigenvalue weighted by atomic mass is 10.0. The zero-order chi connectivity index (χ0) is 16.6. The molecule has 0 spiro atoms. The Hall–Kier alpha value is -1.17. The van der Waals surface area contributed by atoms with E-state index in [2.05, 4.69) is 39.2 Å². The van der Waals surface area contributed by atoms with Crippen LogP contribution in [0.15, 0.2) is 30.3 Å². The number of hydrogen-bond donors (Lipinski definition) is 2. The molecule has 1 aliphatic heterocycles. The standard InChI is InChI=1S/C17H27NO3Si/c1-16(2,3)22(4,5)21-14-12-17(20,18-15(14)19)11-13-9-7-6-8-10-13/h6-10,14,20H,11-12H2,1-5H3,(H,18,19)/t14-,17?/m0/s1. The maximum Gasteiger partial charge on any atom is 0.250 e. The average Bonchev–Trinajstić information content (AvgIpc) is 2.63. The highest BCUT2D eigenvalue weighted by atomic mass is 28.4. The van der Waals surface area contributed by atoms with Gasteiger partial charge in [-0.3, -0.25) is 4.79 Å². The average molecular weight is 321 g/mol. The molecule has 1 aliphatic rings. The van der Waals surface area contributed by atoms with Gasteiger partial charge in [0.1, 0.15) is 11.8 Å². The highest BCUT2D eigenvalue weighted by Crippen LogP contribution is 2.39. The summed E-state index contributed by atoms with van der Waals surface area (Å²) in [6.45, 7) is 10.7. The molecule has 0 bridgehead atoms. The summed E-state index contributed by atoms with van der Waals surface area (Å²) < 4.78 is 6.18. The van der Waals surface area contributed by atoms with Crippen LogP contribution in [0, 0.1) is 0 Å². The van der Waals surface area contributed by atoms with Gasteiger partial charge in [0, 0.05) is 12.8 Å². The van der Waals surface area contributed by atoms with Gasteiger partial charge in [-0.15, -0.1) is 0 Å². The normalized spacial score (nSPS) is 26.1. The lowest BCUT2D eigenvalue weighted by Crippen LogP contribution is -2.45. The predicted molar refractivity (Wildman–Crippen MR) is 89.9 cm³/mol. The number of nitrogens with one attached hydrogen (secondary N) is 1. The van der Waals surface area contributed by atoms with E-state index in [1.807, 2.05) is 30.3 Å². The second-order valence-electron chi connectivity index (χ2n) is 7.75. The van der Waals surface area contributed by atoms with Crippen LogP contribution < -0.4 is 5.32 Å². The molecule has 1 unspecified atom stereocenters. The van der Waals surface area contributed by atoms with Crippen LogP contribution in [0.5, 0.6) is 0 Å². The molecule has 122 valence electrons. The molecule has 0 aromatic heterocycles. The monoisotopic (exact) mass is 321 g/mol. The van der Waals surface area contributed by atoms with Crippen LogP contribution in [0.2, 0.25) is 18.1 Å². The molecule has 2 rings (SSSR count). The van der Waals surface area contributed by atoms with Gasteiger partial charge in [-0.1, -0.05) is 51.1 Å². The van der Waals surface area contributed by atoms with Crippen molar-refractivity contribution in [1.29, 1.82) is 0 Å². The lowest BCUT2D eigenvalue weighted by Gasteiger charge is -2.37. The van der Waals surface area contributed by atoms with Crippen LogP contribution in [0.3, 0.4) is 0 Å². The zero-order valence-electron chi connectivity index (χ0n) is 14.1. The van der Waals surface area contributed by atoms with Crippen molar-refractivity contribution in [3.05, 3.63) is 35.9 Å². The topological polar surface area (TPSA) is 58.6 Å². The van der Waals surface area contributed by atoms with Crippen LogP contribution in [-0.4, -0.2) is 31.2 Å². The van der Waals surface area contributed by atoms with Gasteiger partial charge in [-0.25, -0.2) is 0 Å². The number of benzene rings is 1. The van der Waals surface area contributed by atoms with Crippen molar-refractivity contribution in [2.24, 2.45) is 0 Å². The number of aliphatic hydroxyl groups is 1. The summed E-state index contributed by atoms with van der Waals surface area (Å²) in [7, 11) is -2.04. The van der Waals surface area contributed by atoms with E-state index >= 15 is 0 Å². The Morgan fingerprint density at radius 3 is 2.45 bits per heavy atom. The third-order valence-electron chi connectivity index (χ3n) is 4.75. The first-order valence-corrected chi connectivity index (χ1v) is 10.7. The number of hydrogen-bond acceptors (Lipinski definition) is 3. The van der Waals surface area contributed by atoms with Gasteiger partial charge in [0.05, 0.1) is 0 Å². The minimum absolute atomic E-state index is 0.0351. The number of amides is 1. The van der Waals surface area contributed by atoms with E-state index in [0.717, 1.165) is 5.56 Å². The van der Waals surface area contributed by atoms with E-state index in [0.29, 0.717) is 12.8 Å². The van der Waals surface area contributed by atoms with Crippen LogP contribution >= 0.6 is 0 Å². The predicted octanol–water partition coefficient (Wildman–Crippen LogP) is 2.83. The first-order chi connectivity index (χ1) is 10.0. The van der Waals surface area contributed by atoms with E-state index in [-0.39, 0.29) is 10.9 Å². The molecule has 2 atom stereocenters. The van der Waals surface area contributed by atoms with Crippen LogP contribution in [0.25, 0.3) is 0 Å². The van der Waals surface area contributed by atoms with Crippen molar-refractivity contribution in [2.75, 3.05) is 0 Å². The van der Waals surface area contributed by atoms with E-state index in [4.69, 9.17) is 4.43 Å². The van der Waals surface area contributed by atoms with Gasteiger partial charge < -0.3 is 14.8 Å². The zero-order valence-corrected chi connectivity index (χ0v) is 15.1. The fourth-order valence-corrected chi connectivity index (χ4v) is 3.69. The van der Waals surface area contributed by atoms with Crippen molar-refractivity contribution < 1.29 is 14.3 Å². The molecule has 1 aromatic rings. The summed E-state index contributed by atoms with van der Waals surface area (Å²) in [5.74, 6) is -0.205. The largest absolute Gasteiger partial charge is 0.405 e. The smallest absolute Gasteiger partial charge is 0.250 e. The lowest BCUT2D eigenvalue weighted by molar-refractivity contribution is -0.126. The van der Waals surface area contributed by atoms with E-state index in [1.54, 1.807) is 0 Å². The molecular weight excluding hydrogens is 294 g/mol. The second-order valence-corrected chi connectivity index (χ2v) is 12.5. The molecule has 1 saturated heterocycles. The summed E-state index contributed by atoms with van der Waals surface area (Å²) in [6.07, 6.45) is 0.138. The van der Waals surface area contributed by atoms with Crippen molar-refractivity contribution in [2.45, 2.75) is 63.6 Å². The van der Waals surface area contributed by atoms with E-state index in [1.165, 1.54) is 0 Å². The van der Waals surface area contributed by atoms with Gasteiger partial charge >= 0.3 is 0 Å². The Morgan fingerprint density at radius 1 is 1.32 bits per heavy atom. The molecule has 22 heavy (non-hydrogen) atoms. The molecular formula is C17H27NO3Si. The molecule has 0 aliphatic carbocycles. The molecule has 5 heteroatoms. The van der Waals surface area contributed by atoms with E-state index < -0.39 is 20.1 Å². The first kappa shape index (κ1) is 17.2. The molecule has 4 nitrogen and oxygen atoms in total. The quantitative estimate of drug-likeness (QED) is 0.838. The molecule has 1 amide bonds. The Bertz CT molecular complexity index is 539. The fraction of sp³-hybridized carbons (Fsp3) is 0.588. The summed E-state index contributed by atoms with van der Waals surface area (Å²) >= 11 is 0. The van der Waals surface area contributed by atoms with Gasteiger partial charge in [-0.05, 0) is 23.7 Å². The summed E-state index contributed by atoms with van der Waals surface area (Å²) in [4.78, 5) is 12.2. The SMILES string of the molecule is CC(C)(C)[Si](C)(C)O[C@H]1CC(O)(Cc2ccccc2)NC1=O. The minimum atomic E-state index is -2.04. The Labute approximate surface area is 134 Å². The molecule has 1 aromatic carbocycles. The molecule has 1 heterocycles. The van der Waals surface area contributed by atoms with Gasteiger partial charge in [-0.2, -0.15) is 0 Å². The number of carbonyl (C=O) groups excluding carboxylic acids is 1. The highest BCUT2D eigenvalue weighted by Gasteiger charge is 2.48. The number of carbonyl (C=O) groups is 1. The van der Waals surface area contributed by atoms with E-state index in [9.17, 15) is 9.90 Å². The highest BCUT2D eigenvalue weighted by molar-refractivity contribution is 6.74. The van der Waals surface area contributed by atoms with Crippen molar-refractivity contribution in [3.63, 3.8) is 0 Å². The maximum absolute atomic E-state index is 12.2. The minimum Gasteiger partial charge on any atom is -0.405 e.